The molecule has 0 aliphatic heterocycles. The Balaban J connectivity index is 1.48. The second-order valence-electron chi connectivity index (χ2n) is 6.85. The van der Waals surface area contributed by atoms with Crippen molar-refractivity contribution in [3.8, 4) is 11.3 Å². The molecular weight excluding hydrogens is 402 g/mol. The first-order valence-corrected chi connectivity index (χ1v) is 11.4. The third kappa shape index (κ3) is 3.28. The molecule has 29 heavy (non-hydrogen) atoms. The number of nitrogens with zero attached hydrogens (tertiary/aromatic N) is 2. The van der Waals surface area contributed by atoms with Crippen molar-refractivity contribution in [3.05, 3.63) is 84.0 Å². The maximum atomic E-state index is 12.9. The minimum absolute atomic E-state index is 0.236. The predicted molar refractivity (Wildman–Crippen MR) is 118 cm³/mol. The van der Waals surface area contributed by atoms with Crippen LogP contribution in [0.5, 0.6) is 0 Å². The molecule has 144 valence electrons. The maximum Gasteiger partial charge on any atom is 0.261 e. The van der Waals surface area contributed by atoms with Gasteiger partial charge in [0.25, 0.3) is 10.0 Å². The Kier molecular flexibility index (Phi) is 4.15. The lowest BCUT2D eigenvalue weighted by Gasteiger charge is -2.10. The molecule has 0 amide bonds. The van der Waals surface area contributed by atoms with E-state index in [0.717, 1.165) is 32.7 Å². The van der Waals surface area contributed by atoms with Crippen molar-refractivity contribution >= 4 is 42.8 Å². The highest BCUT2D eigenvalue weighted by atomic mass is 32.2. The van der Waals surface area contributed by atoms with Crippen molar-refractivity contribution < 1.29 is 8.42 Å². The van der Waals surface area contributed by atoms with E-state index >= 15 is 0 Å². The monoisotopic (exact) mass is 419 g/mol. The molecule has 0 saturated heterocycles. The van der Waals surface area contributed by atoms with E-state index in [-0.39, 0.29) is 4.90 Å². The molecule has 3 aromatic carbocycles. The third-order valence-electron chi connectivity index (χ3n) is 4.83. The summed E-state index contributed by atoms with van der Waals surface area (Å²) >= 11 is 1.58. The van der Waals surface area contributed by atoms with Crippen LogP contribution >= 0.6 is 11.3 Å². The first-order chi connectivity index (χ1) is 14.0. The van der Waals surface area contributed by atoms with Crippen molar-refractivity contribution in [1.82, 2.24) is 9.38 Å². The lowest BCUT2D eigenvalue weighted by atomic mass is 10.1. The molecule has 0 aliphatic rings. The van der Waals surface area contributed by atoms with Crippen LogP contribution in [-0.2, 0) is 10.0 Å². The summed E-state index contributed by atoms with van der Waals surface area (Å²) in [5.74, 6) is 0. The summed E-state index contributed by atoms with van der Waals surface area (Å²) in [6.45, 7) is 2.03. The minimum Gasteiger partial charge on any atom is -0.294 e. The van der Waals surface area contributed by atoms with Crippen molar-refractivity contribution in [1.29, 1.82) is 0 Å². The molecule has 0 spiro atoms. The molecule has 5 nitrogen and oxygen atoms in total. The van der Waals surface area contributed by atoms with Gasteiger partial charge in [-0.15, -0.1) is 11.3 Å². The highest BCUT2D eigenvalue weighted by Gasteiger charge is 2.15. The number of hydrogen-bond donors (Lipinski definition) is 1. The second-order valence-corrected chi connectivity index (χ2v) is 9.37. The number of anilines is 1. The number of aryl methyl sites for hydroxylation is 1. The molecule has 0 bridgehead atoms. The van der Waals surface area contributed by atoms with Crippen LogP contribution in [0.4, 0.5) is 5.69 Å². The number of sulfonamides is 1. The molecule has 2 aromatic heterocycles. The SMILES string of the molecule is Cc1csc2nc(-c3cccc(NS(=O)(=O)c4ccc5ccccc5c4)c3)cn12. The zero-order valence-electron chi connectivity index (χ0n) is 15.5. The Morgan fingerprint density at radius 1 is 0.966 bits per heavy atom. The molecule has 7 heteroatoms. The number of benzene rings is 3. The fourth-order valence-corrected chi connectivity index (χ4v) is 5.26. The van der Waals surface area contributed by atoms with Crippen LogP contribution in [0.15, 0.2) is 83.2 Å². The number of fused-ring (bicyclic) bond motifs is 2. The summed E-state index contributed by atoms with van der Waals surface area (Å²) in [6.07, 6.45) is 1.97. The summed E-state index contributed by atoms with van der Waals surface area (Å²) in [6, 6.07) is 20.1. The highest BCUT2D eigenvalue weighted by Crippen LogP contribution is 2.27. The fourth-order valence-electron chi connectivity index (χ4n) is 3.32. The van der Waals surface area contributed by atoms with E-state index in [1.54, 1.807) is 35.6 Å². The van der Waals surface area contributed by atoms with Gasteiger partial charge >= 0.3 is 0 Å². The van der Waals surface area contributed by atoms with Crippen LogP contribution in [0.2, 0.25) is 0 Å². The van der Waals surface area contributed by atoms with E-state index < -0.39 is 10.0 Å². The van der Waals surface area contributed by atoms with Crippen molar-refractivity contribution in [2.75, 3.05) is 4.72 Å². The van der Waals surface area contributed by atoms with Gasteiger partial charge in [0, 0.05) is 28.5 Å². The zero-order chi connectivity index (χ0) is 20.0. The van der Waals surface area contributed by atoms with E-state index in [1.807, 2.05) is 60.0 Å². The number of aromatic nitrogens is 2. The number of hydrogen-bond acceptors (Lipinski definition) is 4. The van der Waals surface area contributed by atoms with Gasteiger partial charge in [0.1, 0.15) is 0 Å². The smallest absolute Gasteiger partial charge is 0.261 e. The summed E-state index contributed by atoms with van der Waals surface area (Å²) in [5.41, 5.74) is 3.30. The van der Waals surface area contributed by atoms with Gasteiger partial charge in [-0.1, -0.05) is 42.5 Å². The van der Waals surface area contributed by atoms with Gasteiger partial charge in [-0.25, -0.2) is 13.4 Å². The number of nitrogens with one attached hydrogen (secondary N) is 1. The van der Waals surface area contributed by atoms with E-state index in [9.17, 15) is 8.42 Å². The number of thiazole rings is 1. The Labute approximate surface area is 172 Å². The van der Waals surface area contributed by atoms with Crippen molar-refractivity contribution in [3.63, 3.8) is 0 Å². The molecule has 5 aromatic rings. The lowest BCUT2D eigenvalue weighted by molar-refractivity contribution is 0.601. The average Bonchev–Trinajstić information content (AvgIpc) is 3.30. The first-order valence-electron chi connectivity index (χ1n) is 9.05. The van der Waals surface area contributed by atoms with Crippen LogP contribution in [0.1, 0.15) is 5.69 Å². The molecule has 0 fully saturated rings. The average molecular weight is 420 g/mol. The van der Waals surface area contributed by atoms with Gasteiger partial charge < -0.3 is 0 Å². The lowest BCUT2D eigenvalue weighted by Crippen LogP contribution is -2.12. The molecule has 2 heterocycles. The first kappa shape index (κ1) is 17.9. The minimum atomic E-state index is -3.70. The molecule has 0 unspecified atom stereocenters. The van der Waals surface area contributed by atoms with Gasteiger partial charge in [-0.2, -0.15) is 0 Å². The topological polar surface area (TPSA) is 63.5 Å². The van der Waals surface area contributed by atoms with Crippen molar-refractivity contribution in [2.45, 2.75) is 11.8 Å². The van der Waals surface area contributed by atoms with Crippen LogP contribution in [0.3, 0.4) is 0 Å². The summed E-state index contributed by atoms with van der Waals surface area (Å²) in [7, 11) is -3.70. The summed E-state index contributed by atoms with van der Waals surface area (Å²) < 4.78 is 30.5. The molecule has 1 N–H and O–H groups in total. The Morgan fingerprint density at radius 3 is 2.62 bits per heavy atom. The molecule has 0 saturated carbocycles. The molecular formula is C22H17N3O2S2. The van der Waals surface area contributed by atoms with Gasteiger partial charge in [-0.3, -0.25) is 9.12 Å². The van der Waals surface area contributed by atoms with E-state index in [1.165, 1.54) is 0 Å². The Hall–Kier alpha value is -3.16. The Morgan fingerprint density at radius 2 is 1.79 bits per heavy atom. The summed E-state index contributed by atoms with van der Waals surface area (Å²) in [5, 5.41) is 3.95. The van der Waals surface area contributed by atoms with E-state index in [4.69, 9.17) is 0 Å². The quantitative estimate of drug-likeness (QED) is 0.428. The van der Waals surface area contributed by atoms with Gasteiger partial charge in [0.2, 0.25) is 0 Å². The van der Waals surface area contributed by atoms with Crippen LogP contribution in [-0.4, -0.2) is 17.8 Å². The van der Waals surface area contributed by atoms with Crippen LogP contribution < -0.4 is 4.72 Å². The maximum absolute atomic E-state index is 12.9. The molecule has 0 radical (unpaired) electrons. The Bertz CT molecular complexity index is 1470. The third-order valence-corrected chi connectivity index (χ3v) is 7.17. The van der Waals surface area contributed by atoms with E-state index in [0.29, 0.717) is 5.69 Å². The van der Waals surface area contributed by atoms with E-state index in [2.05, 4.69) is 15.1 Å². The fraction of sp³-hybridized carbons (Fsp3) is 0.0455. The van der Waals surface area contributed by atoms with Gasteiger partial charge in [0.15, 0.2) is 4.96 Å². The number of imidazole rings is 1. The highest BCUT2D eigenvalue weighted by molar-refractivity contribution is 7.92. The standard InChI is InChI=1S/C22H17N3O2S2/c1-15-14-28-22-23-21(13-25(15)22)18-7-4-8-19(11-18)24-29(26,27)20-10-9-16-5-2-3-6-17(16)12-20/h2-14,24H,1H3. The zero-order valence-corrected chi connectivity index (χ0v) is 17.2. The van der Waals surface area contributed by atoms with Crippen LogP contribution in [0.25, 0.3) is 27.0 Å². The van der Waals surface area contributed by atoms with Crippen molar-refractivity contribution in [2.24, 2.45) is 0 Å². The van der Waals surface area contributed by atoms with Crippen LogP contribution in [0, 0.1) is 6.92 Å². The molecule has 0 atom stereocenters. The molecule has 5 rings (SSSR count). The number of rotatable bonds is 4. The predicted octanol–water partition coefficient (Wildman–Crippen LogP) is 5.33. The normalized spacial score (nSPS) is 11.9. The summed E-state index contributed by atoms with van der Waals surface area (Å²) in [4.78, 5) is 5.79. The second kappa shape index (κ2) is 6.72. The van der Waals surface area contributed by atoms with Gasteiger partial charge in [-0.05, 0) is 42.0 Å². The largest absolute Gasteiger partial charge is 0.294 e. The van der Waals surface area contributed by atoms with Gasteiger partial charge in [0.05, 0.1) is 10.6 Å². The molecule has 0 aliphatic carbocycles.